The minimum atomic E-state index is -0.866. The second-order valence-electron chi connectivity index (χ2n) is 4.55. The number of aryl methyl sites for hydroxylation is 1. The van der Waals surface area contributed by atoms with Gasteiger partial charge in [0.15, 0.2) is 16.7 Å². The summed E-state index contributed by atoms with van der Waals surface area (Å²) in [7, 11) is 0. The van der Waals surface area contributed by atoms with Crippen LogP contribution >= 0.6 is 11.8 Å². The predicted molar refractivity (Wildman–Crippen MR) is 77.7 cm³/mol. The number of nitrogens with zero attached hydrogens (tertiary/aromatic N) is 2. The van der Waals surface area contributed by atoms with Crippen molar-refractivity contribution in [3.63, 3.8) is 0 Å². The lowest BCUT2D eigenvalue weighted by molar-refractivity contribution is -0.133. The number of thioether (sulfide) groups is 1. The van der Waals surface area contributed by atoms with Gasteiger partial charge in [-0.3, -0.25) is 9.36 Å². The number of carboxylic acid groups (broad SMARTS) is 1. The molecule has 2 heterocycles. The summed E-state index contributed by atoms with van der Waals surface area (Å²) in [4.78, 5) is 15.1. The standard InChI is InChI=1S/C14H14N2O4S/c1-9-7-16(14(15-9)21-8-13(17)18)10-2-3-11-12(6-10)20-5-4-19-11/h2-3,6-7H,4-5,8H2,1H3,(H,17,18). The number of hydrogen-bond acceptors (Lipinski definition) is 5. The summed E-state index contributed by atoms with van der Waals surface area (Å²) >= 11 is 1.19. The molecular formula is C14H14N2O4S. The van der Waals surface area contributed by atoms with Crippen LogP contribution in [0.1, 0.15) is 5.69 Å². The Morgan fingerprint density at radius 3 is 2.90 bits per heavy atom. The highest BCUT2D eigenvalue weighted by Gasteiger charge is 2.15. The number of aliphatic carboxylic acids is 1. The van der Waals surface area contributed by atoms with E-state index in [1.165, 1.54) is 11.8 Å². The van der Waals surface area contributed by atoms with Crippen molar-refractivity contribution in [1.29, 1.82) is 0 Å². The summed E-state index contributed by atoms with van der Waals surface area (Å²) in [5.41, 5.74) is 1.70. The summed E-state index contributed by atoms with van der Waals surface area (Å²) in [5.74, 6) is 0.524. The molecule has 1 aromatic carbocycles. The van der Waals surface area contributed by atoms with E-state index >= 15 is 0 Å². The van der Waals surface area contributed by atoms with Crippen molar-refractivity contribution < 1.29 is 19.4 Å². The molecule has 7 heteroatoms. The van der Waals surface area contributed by atoms with Gasteiger partial charge in [-0.1, -0.05) is 11.8 Å². The van der Waals surface area contributed by atoms with Crippen LogP contribution in [0.3, 0.4) is 0 Å². The molecule has 2 aromatic rings. The summed E-state index contributed by atoms with van der Waals surface area (Å²) in [5, 5.41) is 9.45. The van der Waals surface area contributed by atoms with Crippen molar-refractivity contribution >= 4 is 17.7 Å². The van der Waals surface area contributed by atoms with Crippen LogP contribution in [0.2, 0.25) is 0 Å². The molecule has 0 radical (unpaired) electrons. The highest BCUT2D eigenvalue weighted by atomic mass is 32.2. The number of carbonyl (C=O) groups is 1. The summed E-state index contributed by atoms with van der Waals surface area (Å²) in [6, 6.07) is 5.63. The van der Waals surface area contributed by atoms with Crippen molar-refractivity contribution in [2.45, 2.75) is 12.1 Å². The van der Waals surface area contributed by atoms with Gasteiger partial charge in [-0.2, -0.15) is 0 Å². The van der Waals surface area contributed by atoms with Crippen molar-refractivity contribution in [3.8, 4) is 17.2 Å². The number of fused-ring (bicyclic) bond motifs is 1. The zero-order valence-electron chi connectivity index (χ0n) is 11.4. The SMILES string of the molecule is Cc1cn(-c2ccc3c(c2)OCCO3)c(SCC(=O)O)n1. The van der Waals surface area contributed by atoms with Crippen LogP contribution in [0, 0.1) is 6.92 Å². The second-order valence-corrected chi connectivity index (χ2v) is 5.49. The van der Waals surface area contributed by atoms with E-state index in [-0.39, 0.29) is 5.75 Å². The number of benzene rings is 1. The second kappa shape index (κ2) is 5.69. The first-order valence-corrected chi connectivity index (χ1v) is 7.42. The molecular weight excluding hydrogens is 292 g/mol. The van der Waals surface area contributed by atoms with Gasteiger partial charge in [-0.15, -0.1) is 0 Å². The van der Waals surface area contributed by atoms with Gasteiger partial charge < -0.3 is 14.6 Å². The summed E-state index contributed by atoms with van der Waals surface area (Å²) in [6.45, 7) is 2.95. The molecule has 0 saturated carbocycles. The molecule has 0 aliphatic carbocycles. The third-order valence-corrected chi connectivity index (χ3v) is 3.86. The average molecular weight is 306 g/mol. The van der Waals surface area contributed by atoms with E-state index in [2.05, 4.69) is 4.98 Å². The third kappa shape index (κ3) is 2.97. The Bertz CT molecular complexity index is 684. The molecule has 3 rings (SSSR count). The van der Waals surface area contributed by atoms with Crippen LogP contribution in [0.5, 0.6) is 11.5 Å². The molecule has 1 aliphatic rings. The fourth-order valence-electron chi connectivity index (χ4n) is 2.07. The third-order valence-electron chi connectivity index (χ3n) is 2.92. The van der Waals surface area contributed by atoms with E-state index in [0.29, 0.717) is 24.1 Å². The Kier molecular flexibility index (Phi) is 3.74. The van der Waals surface area contributed by atoms with Gasteiger partial charge in [0.1, 0.15) is 13.2 Å². The van der Waals surface area contributed by atoms with Crippen LogP contribution in [-0.2, 0) is 4.79 Å². The van der Waals surface area contributed by atoms with Crippen LogP contribution in [0.15, 0.2) is 29.6 Å². The first-order chi connectivity index (χ1) is 10.1. The maximum Gasteiger partial charge on any atom is 0.313 e. The fraction of sp³-hybridized carbons (Fsp3) is 0.286. The molecule has 0 unspecified atom stereocenters. The van der Waals surface area contributed by atoms with Crippen LogP contribution in [0.25, 0.3) is 5.69 Å². The minimum Gasteiger partial charge on any atom is -0.486 e. The molecule has 21 heavy (non-hydrogen) atoms. The van der Waals surface area contributed by atoms with E-state index in [9.17, 15) is 4.79 Å². The largest absolute Gasteiger partial charge is 0.486 e. The Morgan fingerprint density at radius 2 is 2.14 bits per heavy atom. The zero-order chi connectivity index (χ0) is 14.8. The average Bonchev–Trinajstić information content (AvgIpc) is 2.85. The van der Waals surface area contributed by atoms with Crippen LogP contribution in [-0.4, -0.2) is 39.6 Å². The Balaban J connectivity index is 1.94. The topological polar surface area (TPSA) is 73.6 Å². The number of aromatic nitrogens is 2. The lowest BCUT2D eigenvalue weighted by Gasteiger charge is -2.19. The monoisotopic (exact) mass is 306 g/mol. The summed E-state index contributed by atoms with van der Waals surface area (Å²) < 4.78 is 12.9. The first kappa shape index (κ1) is 13.8. The number of ether oxygens (including phenoxy) is 2. The van der Waals surface area contributed by atoms with E-state index in [1.807, 2.05) is 35.9 Å². The molecule has 0 spiro atoms. The number of carboxylic acids is 1. The van der Waals surface area contributed by atoms with Crippen molar-refractivity contribution in [1.82, 2.24) is 9.55 Å². The molecule has 0 amide bonds. The van der Waals surface area contributed by atoms with Crippen LogP contribution in [0.4, 0.5) is 0 Å². The highest BCUT2D eigenvalue weighted by molar-refractivity contribution is 7.99. The number of rotatable bonds is 4. The van der Waals surface area contributed by atoms with Gasteiger partial charge in [0.25, 0.3) is 0 Å². The minimum absolute atomic E-state index is 0.0268. The lowest BCUT2D eigenvalue weighted by Crippen LogP contribution is -2.15. The zero-order valence-corrected chi connectivity index (χ0v) is 12.2. The molecule has 0 saturated heterocycles. The molecule has 6 nitrogen and oxygen atoms in total. The van der Waals surface area contributed by atoms with Crippen LogP contribution < -0.4 is 9.47 Å². The highest BCUT2D eigenvalue weighted by Crippen LogP contribution is 2.33. The maximum absolute atomic E-state index is 10.7. The number of imidazole rings is 1. The summed E-state index contributed by atoms with van der Waals surface area (Å²) in [6.07, 6.45) is 1.87. The maximum atomic E-state index is 10.7. The van der Waals surface area contributed by atoms with Gasteiger partial charge in [0.05, 0.1) is 17.1 Å². The van der Waals surface area contributed by atoms with Crippen molar-refractivity contribution in [3.05, 3.63) is 30.1 Å². The van der Waals surface area contributed by atoms with Gasteiger partial charge in [-0.05, 0) is 19.1 Å². The van der Waals surface area contributed by atoms with Gasteiger partial charge >= 0.3 is 5.97 Å². The Morgan fingerprint density at radius 1 is 1.38 bits per heavy atom. The Labute approximate surface area is 125 Å². The molecule has 1 aliphatic heterocycles. The molecule has 1 N–H and O–H groups in total. The fourth-order valence-corrected chi connectivity index (χ4v) is 2.83. The molecule has 0 fully saturated rings. The quantitative estimate of drug-likeness (QED) is 0.872. The van der Waals surface area contributed by atoms with E-state index in [0.717, 1.165) is 17.1 Å². The molecule has 0 bridgehead atoms. The first-order valence-electron chi connectivity index (χ1n) is 6.44. The predicted octanol–water partition coefficient (Wildman–Crippen LogP) is 2.13. The van der Waals surface area contributed by atoms with Gasteiger partial charge in [-0.25, -0.2) is 4.98 Å². The van der Waals surface area contributed by atoms with Gasteiger partial charge in [0.2, 0.25) is 0 Å². The molecule has 110 valence electrons. The lowest BCUT2D eigenvalue weighted by atomic mass is 10.2. The van der Waals surface area contributed by atoms with Crippen molar-refractivity contribution in [2.24, 2.45) is 0 Å². The molecule has 0 atom stereocenters. The smallest absolute Gasteiger partial charge is 0.313 e. The van der Waals surface area contributed by atoms with E-state index in [4.69, 9.17) is 14.6 Å². The van der Waals surface area contributed by atoms with E-state index in [1.54, 1.807) is 0 Å². The normalized spacial score (nSPS) is 13.2. The number of hydrogen-bond donors (Lipinski definition) is 1. The van der Waals surface area contributed by atoms with E-state index < -0.39 is 5.97 Å². The van der Waals surface area contributed by atoms with Gasteiger partial charge in [0, 0.05) is 12.3 Å². The van der Waals surface area contributed by atoms with Crippen molar-refractivity contribution in [2.75, 3.05) is 19.0 Å². The molecule has 1 aromatic heterocycles. The Hall–Kier alpha value is -2.15.